The molecule has 1 amide bonds. The lowest BCUT2D eigenvalue weighted by Gasteiger charge is -2.18. The number of fused-ring (bicyclic) bond motifs is 1. The van der Waals surface area contributed by atoms with Crippen molar-refractivity contribution in [1.82, 2.24) is 10.2 Å². The van der Waals surface area contributed by atoms with Crippen LogP contribution in [0.15, 0.2) is 53.7 Å². The van der Waals surface area contributed by atoms with E-state index in [-0.39, 0.29) is 5.91 Å². The fraction of sp³-hybridized carbons (Fsp3) is 0.385. The molecule has 31 heavy (non-hydrogen) atoms. The van der Waals surface area contributed by atoms with E-state index >= 15 is 0 Å². The van der Waals surface area contributed by atoms with Gasteiger partial charge in [-0.05, 0) is 60.4 Å². The van der Waals surface area contributed by atoms with Crippen LogP contribution in [0.1, 0.15) is 43.7 Å². The lowest BCUT2D eigenvalue weighted by Crippen LogP contribution is -2.26. The Morgan fingerprint density at radius 1 is 1.23 bits per heavy atom. The molecule has 0 saturated carbocycles. The summed E-state index contributed by atoms with van der Waals surface area (Å²) < 4.78 is 5.62. The highest BCUT2D eigenvalue weighted by atomic mass is 16.5. The fourth-order valence-electron chi connectivity index (χ4n) is 3.82. The highest BCUT2D eigenvalue weighted by molar-refractivity contribution is 5.96. The van der Waals surface area contributed by atoms with Crippen molar-refractivity contribution >= 4 is 29.1 Å². The van der Waals surface area contributed by atoms with E-state index in [2.05, 4.69) is 40.3 Å². The van der Waals surface area contributed by atoms with E-state index in [9.17, 15) is 4.79 Å². The van der Waals surface area contributed by atoms with Gasteiger partial charge in [0, 0.05) is 37.3 Å². The summed E-state index contributed by atoms with van der Waals surface area (Å²) in [6, 6.07) is 10.4. The summed E-state index contributed by atoms with van der Waals surface area (Å²) in [5.74, 6) is 0.781. The van der Waals surface area contributed by atoms with Gasteiger partial charge in [0.05, 0.1) is 13.4 Å². The van der Waals surface area contributed by atoms with Gasteiger partial charge in [-0.15, -0.1) is 0 Å². The fourth-order valence-corrected chi connectivity index (χ4v) is 3.82. The molecule has 0 fully saturated rings. The van der Waals surface area contributed by atoms with Crippen LogP contribution in [0.2, 0.25) is 0 Å². The second-order valence-corrected chi connectivity index (χ2v) is 7.77. The first-order valence-electron chi connectivity index (χ1n) is 11.2. The number of nitrogens with zero attached hydrogens (tertiary/aromatic N) is 2. The number of hydrogen-bond donors (Lipinski definition) is 1. The normalized spacial score (nSPS) is 13.3. The van der Waals surface area contributed by atoms with Crippen LogP contribution in [0.25, 0.3) is 16.8 Å². The van der Waals surface area contributed by atoms with Crippen molar-refractivity contribution in [2.45, 2.75) is 39.0 Å². The lowest BCUT2D eigenvalue weighted by molar-refractivity contribution is -0.116. The first-order valence-corrected chi connectivity index (χ1v) is 11.2. The molecule has 1 aliphatic rings. The number of nitrogens with one attached hydrogen (secondary N) is 1. The van der Waals surface area contributed by atoms with Crippen LogP contribution in [-0.2, 0) is 11.2 Å². The second kappa shape index (κ2) is 11.9. The minimum atomic E-state index is -0.0592. The number of amides is 1. The number of carbonyl (C=O) groups excluding carboxylic acids is 1. The molecule has 1 aliphatic heterocycles. The highest BCUT2D eigenvalue weighted by Gasteiger charge is 2.11. The third kappa shape index (κ3) is 6.45. The Balaban J connectivity index is 1.60. The van der Waals surface area contributed by atoms with Crippen LogP contribution in [0.5, 0.6) is 5.75 Å². The van der Waals surface area contributed by atoms with E-state index in [1.54, 1.807) is 13.2 Å². The van der Waals surface area contributed by atoms with E-state index in [1.807, 2.05) is 36.8 Å². The number of benzene rings is 2. The molecule has 0 atom stereocenters. The Labute approximate surface area is 185 Å². The molecular formula is C26H33N3O2. The van der Waals surface area contributed by atoms with Crippen molar-refractivity contribution in [2.24, 2.45) is 4.99 Å². The molecule has 1 heterocycles. The first kappa shape index (κ1) is 22.6. The number of aryl methyl sites for hydroxylation is 1. The standard InChI is InChI=1S/C26H33N3O2/c1-3-4-10-22-21(19-25(31-2)24-12-6-5-11-23(22)24)13-14-26(30)28-16-7-8-17-29-18-9-15-27-20-29/h5-6,9,11-15,19-20H,3-4,7-8,10,16-18H2,1-2H3,(H,28,30)/b14-13+. The molecule has 0 radical (unpaired) electrons. The molecule has 2 aromatic rings. The van der Waals surface area contributed by atoms with E-state index in [0.29, 0.717) is 6.54 Å². The summed E-state index contributed by atoms with van der Waals surface area (Å²) >= 11 is 0. The largest absolute Gasteiger partial charge is 0.496 e. The van der Waals surface area contributed by atoms with E-state index in [0.717, 1.165) is 61.9 Å². The monoisotopic (exact) mass is 419 g/mol. The zero-order valence-electron chi connectivity index (χ0n) is 18.6. The molecule has 0 aromatic heterocycles. The average molecular weight is 420 g/mol. The summed E-state index contributed by atoms with van der Waals surface area (Å²) in [6.07, 6.45) is 14.5. The number of methoxy groups -OCH3 is 1. The number of hydrogen-bond acceptors (Lipinski definition) is 4. The molecule has 164 valence electrons. The molecule has 0 bridgehead atoms. The van der Waals surface area contributed by atoms with Gasteiger partial charge >= 0.3 is 0 Å². The Bertz CT molecular complexity index is 963. The van der Waals surface area contributed by atoms with Gasteiger partial charge < -0.3 is 15.0 Å². The van der Waals surface area contributed by atoms with Gasteiger partial charge in [-0.1, -0.05) is 37.6 Å². The van der Waals surface area contributed by atoms with Gasteiger partial charge in [0.1, 0.15) is 5.75 Å². The quantitative estimate of drug-likeness (QED) is 0.414. The van der Waals surface area contributed by atoms with Crippen molar-refractivity contribution in [1.29, 1.82) is 0 Å². The van der Waals surface area contributed by atoms with E-state index in [1.165, 1.54) is 10.9 Å². The van der Waals surface area contributed by atoms with Gasteiger partial charge in [-0.2, -0.15) is 0 Å². The Morgan fingerprint density at radius 3 is 2.81 bits per heavy atom. The molecule has 0 aliphatic carbocycles. The van der Waals surface area contributed by atoms with Crippen LogP contribution in [0.3, 0.4) is 0 Å². The minimum Gasteiger partial charge on any atom is -0.496 e. The van der Waals surface area contributed by atoms with Crippen molar-refractivity contribution in [3.8, 4) is 5.75 Å². The van der Waals surface area contributed by atoms with Crippen molar-refractivity contribution in [3.63, 3.8) is 0 Å². The summed E-state index contributed by atoms with van der Waals surface area (Å²) in [6.45, 7) is 4.74. The summed E-state index contributed by atoms with van der Waals surface area (Å²) in [5, 5.41) is 5.31. The molecule has 0 spiro atoms. The van der Waals surface area contributed by atoms with Gasteiger partial charge in [-0.3, -0.25) is 4.79 Å². The number of carbonyl (C=O) groups is 1. The van der Waals surface area contributed by atoms with Crippen molar-refractivity contribution in [2.75, 3.05) is 26.7 Å². The van der Waals surface area contributed by atoms with Crippen LogP contribution in [0, 0.1) is 0 Å². The smallest absolute Gasteiger partial charge is 0.243 e. The Morgan fingerprint density at radius 2 is 2.06 bits per heavy atom. The van der Waals surface area contributed by atoms with Crippen LogP contribution in [0.4, 0.5) is 0 Å². The molecule has 1 N–H and O–H groups in total. The molecule has 3 rings (SSSR count). The predicted molar refractivity (Wildman–Crippen MR) is 130 cm³/mol. The van der Waals surface area contributed by atoms with Gasteiger partial charge in [-0.25, -0.2) is 4.99 Å². The topological polar surface area (TPSA) is 53.9 Å². The molecular weight excluding hydrogens is 386 g/mol. The van der Waals surface area contributed by atoms with Gasteiger partial charge in [0.2, 0.25) is 5.91 Å². The minimum absolute atomic E-state index is 0.0592. The Kier molecular flexibility index (Phi) is 8.71. The maximum Gasteiger partial charge on any atom is 0.243 e. The molecule has 0 saturated heterocycles. The molecule has 0 unspecified atom stereocenters. The third-order valence-corrected chi connectivity index (χ3v) is 5.50. The number of unbranched alkanes of at least 4 members (excludes halogenated alkanes) is 2. The maximum atomic E-state index is 12.4. The maximum absolute atomic E-state index is 12.4. The van der Waals surface area contributed by atoms with Crippen LogP contribution >= 0.6 is 0 Å². The lowest BCUT2D eigenvalue weighted by atomic mass is 9.94. The summed E-state index contributed by atoms with van der Waals surface area (Å²) in [4.78, 5) is 18.7. The van der Waals surface area contributed by atoms with Crippen molar-refractivity contribution in [3.05, 3.63) is 59.8 Å². The SMILES string of the molecule is CCCCc1c(/C=C/C(=O)NCCCCN2C=NC=CC2)cc(OC)c2ccccc12. The van der Waals surface area contributed by atoms with Gasteiger partial charge in [0.25, 0.3) is 0 Å². The molecule has 5 heteroatoms. The van der Waals surface area contributed by atoms with Crippen LogP contribution < -0.4 is 10.1 Å². The zero-order valence-corrected chi connectivity index (χ0v) is 18.6. The highest BCUT2D eigenvalue weighted by Crippen LogP contribution is 2.33. The zero-order chi connectivity index (χ0) is 21.9. The number of rotatable bonds is 11. The van der Waals surface area contributed by atoms with Gasteiger partial charge in [0.15, 0.2) is 0 Å². The molecule has 5 nitrogen and oxygen atoms in total. The number of ether oxygens (including phenoxy) is 1. The number of aliphatic imine (C=N–C) groups is 1. The van der Waals surface area contributed by atoms with E-state index in [4.69, 9.17) is 4.74 Å². The summed E-state index contributed by atoms with van der Waals surface area (Å²) in [7, 11) is 1.69. The first-order chi connectivity index (χ1) is 15.2. The van der Waals surface area contributed by atoms with Crippen LogP contribution in [-0.4, -0.2) is 43.9 Å². The Hall–Kier alpha value is -3.08. The average Bonchev–Trinajstić information content (AvgIpc) is 2.81. The second-order valence-electron chi connectivity index (χ2n) is 7.77. The van der Waals surface area contributed by atoms with E-state index < -0.39 is 0 Å². The molecule has 2 aromatic carbocycles. The third-order valence-electron chi connectivity index (χ3n) is 5.50. The summed E-state index contributed by atoms with van der Waals surface area (Å²) in [5.41, 5.74) is 2.33. The predicted octanol–water partition coefficient (Wildman–Crippen LogP) is 4.96. The van der Waals surface area contributed by atoms with Crippen molar-refractivity contribution < 1.29 is 9.53 Å².